The minimum atomic E-state index is -0.324. The second-order valence-electron chi connectivity index (χ2n) is 5.61. The molecule has 0 aliphatic rings. The van der Waals surface area contributed by atoms with Crippen LogP contribution in [0.4, 0.5) is 5.69 Å². The molecule has 0 amide bonds. The van der Waals surface area contributed by atoms with Gasteiger partial charge in [0.1, 0.15) is 0 Å². The number of fused-ring (bicyclic) bond motifs is 3. The van der Waals surface area contributed by atoms with Crippen LogP contribution in [0.25, 0.3) is 32.7 Å². The van der Waals surface area contributed by atoms with Gasteiger partial charge in [0.25, 0.3) is 5.69 Å². The quantitative estimate of drug-likeness (QED) is 0.232. The topological polar surface area (TPSA) is 43.1 Å². The van der Waals surface area contributed by atoms with E-state index in [0.29, 0.717) is 5.56 Å². The third-order valence-corrected chi connectivity index (χ3v) is 4.71. The average Bonchev–Trinajstić information content (AvgIpc) is 2.61. The first kappa shape index (κ1) is 14.8. The van der Waals surface area contributed by atoms with Gasteiger partial charge in [0.15, 0.2) is 0 Å². The van der Waals surface area contributed by atoms with Crippen molar-refractivity contribution >= 4 is 43.2 Å². The fourth-order valence-electron chi connectivity index (χ4n) is 3.16. The molecule has 4 aromatic carbocycles. The highest BCUT2D eigenvalue weighted by atomic mass is 79.9. The Hall–Kier alpha value is -2.72. The highest BCUT2D eigenvalue weighted by Crippen LogP contribution is 2.39. The molecule has 0 heterocycles. The van der Waals surface area contributed by atoms with Crippen LogP contribution in [0.1, 0.15) is 0 Å². The smallest absolute Gasteiger partial charge is 0.258 e. The van der Waals surface area contributed by atoms with Crippen LogP contribution in [0.2, 0.25) is 0 Å². The fourth-order valence-corrected chi connectivity index (χ4v) is 3.52. The molecule has 0 N–H and O–H groups in total. The summed E-state index contributed by atoms with van der Waals surface area (Å²) in [5, 5.41) is 15.7. The number of para-hydroxylation sites is 1. The maximum atomic E-state index is 11.4. The minimum absolute atomic E-state index is 0.124. The Morgan fingerprint density at radius 3 is 2.25 bits per heavy atom. The van der Waals surface area contributed by atoms with Crippen molar-refractivity contribution in [3.8, 4) is 11.1 Å². The Morgan fingerprint density at radius 1 is 0.750 bits per heavy atom. The number of hydrogen-bond donors (Lipinski definition) is 0. The number of nitro benzene ring substituents is 1. The molecule has 4 heteroatoms. The van der Waals surface area contributed by atoms with Gasteiger partial charge in [-0.2, -0.15) is 0 Å². The molecule has 0 aliphatic carbocycles. The zero-order chi connectivity index (χ0) is 16.7. The van der Waals surface area contributed by atoms with Gasteiger partial charge in [-0.25, -0.2) is 0 Å². The average molecular weight is 378 g/mol. The SMILES string of the molecule is O=[N+]([O-])c1ccccc1-c1cc2ccc(Br)cc2c2ccccc12. The van der Waals surface area contributed by atoms with E-state index in [4.69, 9.17) is 0 Å². The number of hydrogen-bond acceptors (Lipinski definition) is 2. The molecule has 4 aromatic rings. The maximum absolute atomic E-state index is 11.4. The highest BCUT2D eigenvalue weighted by molar-refractivity contribution is 9.10. The van der Waals surface area contributed by atoms with E-state index in [9.17, 15) is 10.1 Å². The van der Waals surface area contributed by atoms with E-state index in [-0.39, 0.29) is 10.6 Å². The Bertz CT molecular complexity index is 1110. The van der Waals surface area contributed by atoms with Crippen LogP contribution in [-0.4, -0.2) is 4.92 Å². The van der Waals surface area contributed by atoms with E-state index in [1.54, 1.807) is 12.1 Å². The fraction of sp³-hybridized carbons (Fsp3) is 0. The number of nitro groups is 1. The van der Waals surface area contributed by atoms with Gasteiger partial charge in [0, 0.05) is 10.5 Å². The Kier molecular flexibility index (Phi) is 3.54. The molecule has 0 saturated carbocycles. The van der Waals surface area contributed by atoms with Crippen LogP contribution in [0, 0.1) is 10.1 Å². The van der Waals surface area contributed by atoms with Crippen LogP contribution in [-0.2, 0) is 0 Å². The van der Waals surface area contributed by atoms with Gasteiger partial charge in [-0.15, -0.1) is 0 Å². The van der Waals surface area contributed by atoms with Crippen molar-refractivity contribution < 1.29 is 4.92 Å². The Balaban J connectivity index is 2.16. The summed E-state index contributed by atoms with van der Waals surface area (Å²) in [5.74, 6) is 0. The summed E-state index contributed by atoms with van der Waals surface area (Å²) >= 11 is 3.52. The number of halogens is 1. The molecule has 0 unspecified atom stereocenters. The molecule has 116 valence electrons. The molecular weight excluding hydrogens is 366 g/mol. The van der Waals surface area contributed by atoms with Crippen molar-refractivity contribution in [2.75, 3.05) is 0 Å². The van der Waals surface area contributed by atoms with E-state index < -0.39 is 0 Å². The summed E-state index contributed by atoms with van der Waals surface area (Å²) in [5.41, 5.74) is 1.65. The first-order chi connectivity index (χ1) is 11.6. The monoisotopic (exact) mass is 377 g/mol. The van der Waals surface area contributed by atoms with Crippen molar-refractivity contribution in [1.29, 1.82) is 0 Å². The molecule has 4 rings (SSSR count). The lowest BCUT2D eigenvalue weighted by atomic mass is 9.92. The predicted octanol–water partition coefficient (Wildman–Crippen LogP) is 6.33. The zero-order valence-corrected chi connectivity index (χ0v) is 14.2. The molecule has 0 aliphatic heterocycles. The van der Waals surface area contributed by atoms with Crippen LogP contribution in [0.15, 0.2) is 77.3 Å². The highest BCUT2D eigenvalue weighted by Gasteiger charge is 2.17. The summed E-state index contributed by atoms with van der Waals surface area (Å²) in [6.45, 7) is 0. The summed E-state index contributed by atoms with van der Waals surface area (Å²) in [6, 6.07) is 23.1. The van der Waals surface area contributed by atoms with Crippen LogP contribution < -0.4 is 0 Å². The van der Waals surface area contributed by atoms with Crippen molar-refractivity contribution in [3.05, 3.63) is 87.4 Å². The van der Waals surface area contributed by atoms with Crippen LogP contribution in [0.5, 0.6) is 0 Å². The zero-order valence-electron chi connectivity index (χ0n) is 12.6. The van der Waals surface area contributed by atoms with Crippen LogP contribution >= 0.6 is 15.9 Å². The summed E-state index contributed by atoms with van der Waals surface area (Å²) in [6.07, 6.45) is 0. The molecule has 0 bridgehead atoms. The molecule has 0 aromatic heterocycles. The normalized spacial score (nSPS) is 11.0. The van der Waals surface area contributed by atoms with Gasteiger partial charge < -0.3 is 0 Å². The molecule has 0 spiro atoms. The number of nitrogens with zero attached hydrogens (tertiary/aromatic N) is 1. The lowest BCUT2D eigenvalue weighted by Crippen LogP contribution is -1.92. The first-order valence-corrected chi connectivity index (χ1v) is 8.29. The largest absolute Gasteiger partial charge is 0.277 e. The van der Waals surface area contributed by atoms with E-state index in [2.05, 4.69) is 28.1 Å². The van der Waals surface area contributed by atoms with Crippen molar-refractivity contribution in [2.24, 2.45) is 0 Å². The van der Waals surface area contributed by atoms with E-state index in [1.807, 2.05) is 48.5 Å². The Labute approximate surface area is 146 Å². The van der Waals surface area contributed by atoms with Gasteiger partial charge in [-0.05, 0) is 51.4 Å². The first-order valence-electron chi connectivity index (χ1n) is 7.50. The van der Waals surface area contributed by atoms with E-state index in [0.717, 1.165) is 31.6 Å². The van der Waals surface area contributed by atoms with Crippen molar-refractivity contribution in [1.82, 2.24) is 0 Å². The van der Waals surface area contributed by atoms with Crippen LogP contribution in [0.3, 0.4) is 0 Å². The van der Waals surface area contributed by atoms with Gasteiger partial charge >= 0.3 is 0 Å². The molecular formula is C20H12BrNO2. The molecule has 0 atom stereocenters. The van der Waals surface area contributed by atoms with Gasteiger partial charge in [-0.3, -0.25) is 10.1 Å². The van der Waals surface area contributed by atoms with Gasteiger partial charge in [0.05, 0.1) is 10.5 Å². The second-order valence-corrected chi connectivity index (χ2v) is 6.53. The number of benzene rings is 4. The summed E-state index contributed by atoms with van der Waals surface area (Å²) in [7, 11) is 0. The molecule has 0 fully saturated rings. The third-order valence-electron chi connectivity index (χ3n) is 4.21. The van der Waals surface area contributed by atoms with E-state index in [1.165, 1.54) is 0 Å². The summed E-state index contributed by atoms with van der Waals surface area (Å²) in [4.78, 5) is 11.1. The lowest BCUT2D eigenvalue weighted by Gasteiger charge is -2.11. The predicted molar refractivity (Wildman–Crippen MR) is 101 cm³/mol. The second kappa shape index (κ2) is 5.73. The summed E-state index contributed by atoms with van der Waals surface area (Å²) < 4.78 is 1.01. The van der Waals surface area contributed by atoms with Crippen molar-refractivity contribution in [3.63, 3.8) is 0 Å². The minimum Gasteiger partial charge on any atom is -0.258 e. The lowest BCUT2D eigenvalue weighted by molar-refractivity contribution is -0.384. The molecule has 0 radical (unpaired) electrons. The number of rotatable bonds is 2. The molecule has 3 nitrogen and oxygen atoms in total. The standard InChI is InChI=1S/C20H12BrNO2/c21-14-10-9-13-11-19(17-7-3-4-8-20(17)22(23)24)16-6-2-1-5-15(16)18(13)12-14/h1-12H. The van der Waals surface area contributed by atoms with Gasteiger partial charge in [0.2, 0.25) is 0 Å². The maximum Gasteiger partial charge on any atom is 0.277 e. The van der Waals surface area contributed by atoms with Crippen molar-refractivity contribution in [2.45, 2.75) is 0 Å². The molecule has 24 heavy (non-hydrogen) atoms. The van der Waals surface area contributed by atoms with E-state index >= 15 is 0 Å². The third kappa shape index (κ3) is 2.36. The Morgan fingerprint density at radius 2 is 1.46 bits per heavy atom. The molecule has 0 saturated heterocycles. The van der Waals surface area contributed by atoms with Gasteiger partial charge in [-0.1, -0.05) is 58.4 Å².